The first kappa shape index (κ1) is 24.6. The molecule has 2 aromatic carbocycles. The highest BCUT2D eigenvalue weighted by molar-refractivity contribution is 5.98. The second-order valence-electron chi connectivity index (χ2n) is 11.3. The number of halogens is 2. The summed E-state index contributed by atoms with van der Waals surface area (Å²) in [6, 6.07) is 12.1. The number of ether oxygens (including phenoxy) is 1. The van der Waals surface area contributed by atoms with Crippen molar-refractivity contribution in [3.05, 3.63) is 71.6 Å². The average molecular weight is 542 g/mol. The zero-order chi connectivity index (χ0) is 28.0. The summed E-state index contributed by atoms with van der Waals surface area (Å²) in [5.74, 6) is 0.954. The van der Waals surface area contributed by atoms with Crippen LogP contribution in [0.15, 0.2) is 48.8 Å². The van der Waals surface area contributed by atoms with Crippen LogP contribution >= 0.6 is 0 Å². The fourth-order valence-electron chi connectivity index (χ4n) is 6.77. The number of amides is 1. The molecule has 1 fully saturated rings. The summed E-state index contributed by atoms with van der Waals surface area (Å²) >= 11 is 0. The Hall–Kier alpha value is -4.43. The predicted molar refractivity (Wildman–Crippen MR) is 140 cm³/mol. The summed E-state index contributed by atoms with van der Waals surface area (Å²) in [7, 11) is 1.71. The van der Waals surface area contributed by atoms with Gasteiger partial charge in [0.25, 0.3) is 5.91 Å². The normalized spacial score (nSPS) is 26.7. The molecule has 1 saturated carbocycles. The summed E-state index contributed by atoms with van der Waals surface area (Å²) in [5, 5.41) is 9.35. The topological polar surface area (TPSA) is 123 Å². The number of benzene rings is 2. The van der Waals surface area contributed by atoms with E-state index in [-0.39, 0.29) is 17.7 Å². The van der Waals surface area contributed by atoms with Gasteiger partial charge in [0.15, 0.2) is 0 Å². The number of hydrogen-bond donors (Lipinski definition) is 1. The number of carbonyl (C=O) groups is 1. The van der Waals surface area contributed by atoms with Crippen molar-refractivity contribution in [3.63, 3.8) is 0 Å². The minimum absolute atomic E-state index is 0.00560. The number of hydrogen-bond acceptors (Lipinski definition) is 7. The monoisotopic (exact) mass is 541 g/mol. The molecule has 2 atom stereocenters. The van der Waals surface area contributed by atoms with Crippen molar-refractivity contribution in [2.45, 2.75) is 50.4 Å². The van der Waals surface area contributed by atoms with Gasteiger partial charge < -0.3 is 19.9 Å². The Labute approximate surface area is 228 Å². The SMILES string of the molecule is CN1C(=O)c2cccc(OC(F)F)c2[C@H]2C[C@@H]1c1nc3ccc(-c4cnc(C5(N)CC(C)(C#N)C5)nc4)cc3n12. The highest BCUT2D eigenvalue weighted by Crippen LogP contribution is 2.52. The van der Waals surface area contributed by atoms with Gasteiger partial charge in [-0.3, -0.25) is 4.79 Å². The molecule has 1 aliphatic carbocycles. The maximum Gasteiger partial charge on any atom is 0.387 e. The Morgan fingerprint density at radius 2 is 1.90 bits per heavy atom. The molecule has 1 amide bonds. The molecule has 0 unspecified atom stereocenters. The predicted octanol–water partition coefficient (Wildman–Crippen LogP) is 4.69. The molecule has 2 aromatic heterocycles. The lowest BCUT2D eigenvalue weighted by Crippen LogP contribution is -2.54. The lowest BCUT2D eigenvalue weighted by atomic mass is 9.59. The number of nitrogens with two attached hydrogens (primary N) is 1. The van der Waals surface area contributed by atoms with E-state index in [1.165, 1.54) is 6.07 Å². The van der Waals surface area contributed by atoms with Gasteiger partial charge in [0, 0.05) is 42.6 Å². The van der Waals surface area contributed by atoms with E-state index in [4.69, 9.17) is 15.5 Å². The van der Waals surface area contributed by atoms with Gasteiger partial charge >= 0.3 is 6.61 Å². The van der Waals surface area contributed by atoms with Gasteiger partial charge in [0.2, 0.25) is 0 Å². The molecule has 2 N–H and O–H groups in total. The molecule has 202 valence electrons. The van der Waals surface area contributed by atoms with E-state index in [1.54, 1.807) is 36.5 Å². The van der Waals surface area contributed by atoms with E-state index in [9.17, 15) is 18.8 Å². The van der Waals surface area contributed by atoms with Crippen molar-refractivity contribution in [1.82, 2.24) is 24.4 Å². The maximum atomic E-state index is 13.4. The van der Waals surface area contributed by atoms with Crippen LogP contribution in [0.2, 0.25) is 0 Å². The van der Waals surface area contributed by atoms with E-state index >= 15 is 0 Å². The third-order valence-electron chi connectivity index (χ3n) is 8.52. The second-order valence-corrected chi connectivity index (χ2v) is 11.3. The molecule has 0 saturated heterocycles. The van der Waals surface area contributed by atoms with Crippen molar-refractivity contribution in [2.75, 3.05) is 7.05 Å². The lowest BCUT2D eigenvalue weighted by molar-refractivity contribution is -0.0507. The third-order valence-corrected chi connectivity index (χ3v) is 8.52. The van der Waals surface area contributed by atoms with Gasteiger partial charge in [0.05, 0.1) is 40.1 Å². The van der Waals surface area contributed by atoms with Crippen LogP contribution in [0.3, 0.4) is 0 Å². The molecule has 9 nitrogen and oxygen atoms in total. The molecular weight excluding hydrogens is 516 g/mol. The van der Waals surface area contributed by atoms with Crippen LogP contribution in [0.5, 0.6) is 5.75 Å². The molecule has 0 radical (unpaired) electrons. The van der Waals surface area contributed by atoms with Crippen LogP contribution in [0.4, 0.5) is 8.78 Å². The Bertz CT molecular complexity index is 1740. The highest BCUT2D eigenvalue weighted by Gasteiger charge is 2.52. The summed E-state index contributed by atoms with van der Waals surface area (Å²) in [5.41, 5.74) is 9.26. The fourth-order valence-corrected chi connectivity index (χ4v) is 6.77. The summed E-state index contributed by atoms with van der Waals surface area (Å²) in [4.78, 5) is 28.9. The zero-order valence-electron chi connectivity index (χ0n) is 21.8. The second kappa shape index (κ2) is 8.29. The summed E-state index contributed by atoms with van der Waals surface area (Å²) in [6.07, 6.45) is 4.95. The molecule has 0 spiro atoms. The van der Waals surface area contributed by atoms with Crippen molar-refractivity contribution < 1.29 is 18.3 Å². The number of rotatable bonds is 4. The van der Waals surface area contributed by atoms with Gasteiger partial charge in [-0.15, -0.1) is 0 Å². The van der Waals surface area contributed by atoms with Gasteiger partial charge in [-0.1, -0.05) is 12.1 Å². The van der Waals surface area contributed by atoms with Gasteiger partial charge in [-0.2, -0.15) is 14.0 Å². The standard InChI is InChI=1S/C29H25F2N7O2/c1-28(14-32)12-29(33,13-28)26-34-10-16(11-35-26)15-6-7-18-19(8-15)38-20-9-21(24(38)36-18)37(2)25(39)17-4-3-5-22(23(17)20)40-27(30)31/h3-8,10-11,20-21,27H,9,12-13,33H2,1-2H3/t20-,21-,28?,29?/m1/s1. The molecule has 7 rings (SSSR count). The molecule has 4 heterocycles. The van der Waals surface area contributed by atoms with Crippen LogP contribution in [0, 0.1) is 16.7 Å². The smallest absolute Gasteiger partial charge is 0.387 e. The molecule has 2 aliphatic heterocycles. The Kier molecular flexibility index (Phi) is 5.10. The highest BCUT2D eigenvalue weighted by atomic mass is 19.3. The fraction of sp³-hybridized carbons (Fsp3) is 0.345. The third kappa shape index (κ3) is 3.45. The minimum atomic E-state index is -3.02. The minimum Gasteiger partial charge on any atom is -0.434 e. The summed E-state index contributed by atoms with van der Waals surface area (Å²) in [6.45, 7) is -1.13. The molecule has 2 bridgehead atoms. The Morgan fingerprint density at radius 3 is 2.60 bits per heavy atom. The first-order chi connectivity index (χ1) is 19.1. The average Bonchev–Trinajstić information content (AvgIpc) is 3.45. The first-order valence-electron chi connectivity index (χ1n) is 13.0. The van der Waals surface area contributed by atoms with Crippen LogP contribution in [-0.2, 0) is 5.54 Å². The van der Waals surface area contributed by atoms with Gasteiger partial charge in [-0.25, -0.2) is 15.0 Å². The lowest BCUT2D eigenvalue weighted by Gasteiger charge is -2.47. The largest absolute Gasteiger partial charge is 0.434 e. The van der Waals surface area contributed by atoms with E-state index in [0.29, 0.717) is 42.0 Å². The number of nitrogens with zero attached hydrogens (tertiary/aromatic N) is 6. The first-order valence-corrected chi connectivity index (χ1v) is 13.0. The van der Waals surface area contributed by atoms with Crippen molar-refractivity contribution in [2.24, 2.45) is 11.1 Å². The molecule has 3 aliphatic rings. The molecule has 40 heavy (non-hydrogen) atoms. The molecule has 11 heteroatoms. The van der Waals surface area contributed by atoms with E-state index < -0.39 is 23.6 Å². The number of fused-ring (bicyclic) bond motifs is 9. The Morgan fingerprint density at radius 1 is 1.15 bits per heavy atom. The number of alkyl halides is 2. The van der Waals surface area contributed by atoms with Gasteiger partial charge in [0.1, 0.15) is 17.4 Å². The quantitative estimate of drug-likeness (QED) is 0.398. The number of imidazole rings is 1. The zero-order valence-corrected chi connectivity index (χ0v) is 21.8. The van der Waals surface area contributed by atoms with Gasteiger partial charge in [-0.05, 0) is 49.6 Å². The van der Waals surface area contributed by atoms with Crippen molar-refractivity contribution in [3.8, 4) is 22.9 Å². The van der Waals surface area contributed by atoms with Crippen molar-refractivity contribution in [1.29, 1.82) is 5.26 Å². The number of nitriles is 1. The number of aromatic nitrogens is 4. The van der Waals surface area contributed by atoms with Crippen molar-refractivity contribution >= 4 is 16.9 Å². The van der Waals surface area contributed by atoms with Crippen LogP contribution < -0.4 is 10.5 Å². The van der Waals surface area contributed by atoms with Crippen LogP contribution in [-0.4, -0.2) is 44.0 Å². The van der Waals surface area contributed by atoms with Crippen LogP contribution in [0.25, 0.3) is 22.2 Å². The van der Waals surface area contributed by atoms with Crippen LogP contribution in [0.1, 0.15) is 65.8 Å². The maximum absolute atomic E-state index is 13.4. The Balaban J connectivity index is 1.31. The van der Waals surface area contributed by atoms with E-state index in [0.717, 1.165) is 22.2 Å². The van der Waals surface area contributed by atoms with E-state index in [2.05, 4.69) is 16.0 Å². The number of carbonyl (C=O) groups excluding carboxylic acids is 1. The van der Waals surface area contributed by atoms with E-state index in [1.807, 2.05) is 29.7 Å². The molecular formula is C29H25F2N7O2. The molecule has 4 aromatic rings. The summed E-state index contributed by atoms with van der Waals surface area (Å²) < 4.78 is 33.6.